The van der Waals surface area contributed by atoms with Crippen LogP contribution in [0.25, 0.3) is 0 Å². The van der Waals surface area contributed by atoms with Crippen molar-refractivity contribution in [2.75, 3.05) is 13.2 Å². The summed E-state index contributed by atoms with van der Waals surface area (Å²) in [5.41, 5.74) is 5.92. The van der Waals surface area contributed by atoms with Crippen LogP contribution in [-0.2, 0) is 46.4 Å². The number of carbonyl (C=O) groups excluding carboxylic acids is 5. The first kappa shape index (κ1) is 61.8. The zero-order chi connectivity index (χ0) is 36.6. The van der Waals surface area contributed by atoms with E-state index in [0.29, 0.717) is 37.2 Å². The van der Waals surface area contributed by atoms with Gasteiger partial charge in [-0.05, 0) is 78.1 Å². The maximum atomic E-state index is 12.3. The van der Waals surface area contributed by atoms with Gasteiger partial charge in [0.25, 0.3) is 6.47 Å². The number of fused-ring (bicyclic) bond motifs is 1. The largest absolute Gasteiger partial charge is 1.00 e. The quantitative estimate of drug-likeness (QED) is 0.0556. The van der Waals surface area contributed by atoms with Gasteiger partial charge in [-0.3, -0.25) is 30.3 Å². The van der Waals surface area contributed by atoms with Gasteiger partial charge in [0, 0.05) is 23.7 Å². The Morgan fingerprint density at radius 1 is 0.782 bits per heavy atom. The number of aromatic nitrogens is 2. The molecule has 13 nitrogen and oxygen atoms in total. The number of nitrogens with zero attached hydrogens (tertiary/aromatic N) is 2. The summed E-state index contributed by atoms with van der Waals surface area (Å²) >= 11 is 0. The van der Waals surface area contributed by atoms with E-state index in [2.05, 4.69) is 19.7 Å². The Hall–Kier alpha value is 0.113. The Bertz CT molecular complexity index is 1180. The molecule has 1 unspecified atom stereocenters. The summed E-state index contributed by atoms with van der Waals surface area (Å²) in [7, 11) is 0. The van der Waals surface area contributed by atoms with Crippen molar-refractivity contribution < 1.29 is 148 Å². The van der Waals surface area contributed by atoms with Gasteiger partial charge in [-0.2, -0.15) is 5.10 Å². The number of carbonyl (C=O) groups is 5. The summed E-state index contributed by atoms with van der Waals surface area (Å²) in [4.78, 5) is 58.2. The maximum absolute atomic E-state index is 12.3. The second-order valence-electron chi connectivity index (χ2n) is 13.4. The molecule has 0 bridgehead atoms. The van der Waals surface area contributed by atoms with Gasteiger partial charge in [0.2, 0.25) is 5.78 Å². The van der Waals surface area contributed by atoms with E-state index in [1.54, 1.807) is 6.92 Å². The van der Waals surface area contributed by atoms with Crippen LogP contribution in [0.15, 0.2) is 0 Å². The SMILES string of the molecule is C.C.C.CCOC(=O)C(=O)C1CCCCCCC1=O.CCOC(=O)c1nn(C2CCCCC2)c2c1CCCCCC2.NNC1CCCCC1.O=CO[O-].[H-].[K+].[K+]. The number of nitrogens with two attached hydrogens (primary N) is 1. The van der Waals surface area contributed by atoms with E-state index in [9.17, 15) is 19.2 Å². The number of ketones is 2. The zero-order valence-electron chi connectivity index (χ0n) is 33.4. The molecule has 3 N–H and O–H groups in total. The van der Waals surface area contributed by atoms with Gasteiger partial charge in [0.05, 0.1) is 25.2 Å². The monoisotopic (exact) mass is 832 g/mol. The number of ether oxygens (including phenoxy) is 2. The topological polar surface area (TPSA) is 192 Å². The van der Waals surface area contributed by atoms with E-state index >= 15 is 0 Å². The molecule has 0 saturated heterocycles. The Morgan fingerprint density at radius 3 is 1.76 bits per heavy atom. The number of esters is 2. The van der Waals surface area contributed by atoms with Crippen LogP contribution in [-0.4, -0.2) is 59.0 Å². The van der Waals surface area contributed by atoms with Crippen molar-refractivity contribution in [3.8, 4) is 0 Å². The van der Waals surface area contributed by atoms with Crippen LogP contribution >= 0.6 is 0 Å². The fraction of sp³-hybridized carbons (Fsp3) is 0.800. The first-order valence-corrected chi connectivity index (χ1v) is 19.0. The molecule has 1 aromatic heterocycles. The van der Waals surface area contributed by atoms with Crippen LogP contribution in [0.2, 0.25) is 0 Å². The molecule has 0 amide bonds. The van der Waals surface area contributed by atoms with Crippen LogP contribution in [0, 0.1) is 5.92 Å². The molecular weight excluding hydrogens is 759 g/mol. The fourth-order valence-corrected chi connectivity index (χ4v) is 7.20. The first-order valence-electron chi connectivity index (χ1n) is 19.0. The number of hydrogen-bond donors (Lipinski definition) is 2. The van der Waals surface area contributed by atoms with Gasteiger partial charge in [0.1, 0.15) is 5.78 Å². The third-order valence-corrected chi connectivity index (χ3v) is 9.83. The number of nitrogens with one attached hydrogen (secondary N) is 1. The van der Waals surface area contributed by atoms with Gasteiger partial charge in [-0.1, -0.05) is 92.9 Å². The van der Waals surface area contributed by atoms with Crippen molar-refractivity contribution in [2.24, 2.45) is 11.8 Å². The molecule has 310 valence electrons. The van der Waals surface area contributed by atoms with Crippen molar-refractivity contribution in [3.05, 3.63) is 17.0 Å². The molecule has 1 atom stereocenters. The summed E-state index contributed by atoms with van der Waals surface area (Å²) in [5, 5.41) is 13.2. The van der Waals surface area contributed by atoms with E-state index in [1.807, 2.05) is 6.92 Å². The Balaban J connectivity index is -0.000000226. The Labute approximate surface area is 419 Å². The molecule has 4 aliphatic rings. The second-order valence-corrected chi connectivity index (χ2v) is 13.4. The summed E-state index contributed by atoms with van der Waals surface area (Å²) < 4.78 is 12.1. The number of Topliss-reactive ketones (excluding diaryl/α,β-unsaturated/α-hetero) is 2. The molecule has 1 heterocycles. The van der Waals surface area contributed by atoms with Crippen molar-refractivity contribution in [1.82, 2.24) is 15.2 Å². The summed E-state index contributed by atoms with van der Waals surface area (Å²) in [6, 6.07) is 1.11. The van der Waals surface area contributed by atoms with Crippen LogP contribution < -0.4 is 119 Å². The van der Waals surface area contributed by atoms with Crippen molar-refractivity contribution >= 4 is 30.0 Å². The summed E-state index contributed by atoms with van der Waals surface area (Å²) in [6.45, 7) is 3.92. The van der Waals surface area contributed by atoms with Gasteiger partial charge in [-0.25, -0.2) is 9.59 Å². The molecule has 15 heteroatoms. The van der Waals surface area contributed by atoms with Gasteiger partial charge >= 0.3 is 115 Å². The van der Waals surface area contributed by atoms with E-state index in [4.69, 9.17) is 25.7 Å². The van der Waals surface area contributed by atoms with Gasteiger partial charge in [0.15, 0.2) is 5.69 Å². The predicted molar refractivity (Wildman–Crippen MR) is 207 cm³/mol. The fourth-order valence-electron chi connectivity index (χ4n) is 7.20. The summed E-state index contributed by atoms with van der Waals surface area (Å²) in [6.07, 6.45) is 24.6. The van der Waals surface area contributed by atoms with E-state index < -0.39 is 17.7 Å². The minimum atomic E-state index is -0.860. The third-order valence-electron chi connectivity index (χ3n) is 9.83. The molecule has 0 radical (unpaired) electrons. The van der Waals surface area contributed by atoms with Gasteiger partial charge in [-0.15, -0.1) is 0 Å². The minimum absolute atomic E-state index is 0. The molecule has 0 aliphatic heterocycles. The van der Waals surface area contributed by atoms with E-state index in [-0.39, 0.29) is 151 Å². The first-order chi connectivity index (χ1) is 24.3. The molecular formula is C40H74K2N4O9. The Kier molecular flexibility index (Phi) is 43.0. The average Bonchev–Trinajstić information content (AvgIpc) is 3.48. The average molecular weight is 833 g/mol. The van der Waals surface area contributed by atoms with Gasteiger partial charge < -0.3 is 21.0 Å². The van der Waals surface area contributed by atoms with E-state index in [1.165, 1.54) is 94.7 Å². The molecule has 55 heavy (non-hydrogen) atoms. The predicted octanol–water partition coefficient (Wildman–Crippen LogP) is 1.13. The molecule has 0 aromatic carbocycles. The second kappa shape index (κ2) is 38.3. The molecule has 0 spiro atoms. The minimum Gasteiger partial charge on any atom is -1.00 e. The van der Waals surface area contributed by atoms with Crippen molar-refractivity contribution in [3.63, 3.8) is 0 Å². The molecule has 5 rings (SSSR count). The molecule has 3 saturated carbocycles. The van der Waals surface area contributed by atoms with E-state index in [0.717, 1.165) is 44.9 Å². The molecule has 3 fully saturated rings. The molecule has 4 aliphatic carbocycles. The van der Waals surface area contributed by atoms with Crippen LogP contribution in [0.1, 0.15) is 194 Å². The summed E-state index contributed by atoms with van der Waals surface area (Å²) in [5.74, 6) is 2.66. The molecule has 1 aromatic rings. The third kappa shape index (κ3) is 23.5. The number of hydrogen-bond acceptors (Lipinski definition) is 12. The maximum Gasteiger partial charge on any atom is 1.00 e. The Morgan fingerprint density at radius 2 is 1.25 bits per heavy atom. The standard InChI is InChI=1S/C18H28N2O2.C12H18O4.C6H14N2.CH2O3.3CH4.2K.H/c1-2-22-18(21)17-15-12-8-3-4-9-13-16(15)20(19-17)14-10-6-5-7-11-14;1-2-16-12(15)11(14)9-7-5-3-4-6-8-10(9)13;7-8-6-4-2-1-3-5-6;2-1-4-3;;;;;;/h14H,2-13H2,1H3;9H,2-8H2,1H3;6,8H,1-5,7H2;1,3H;3*1H4;;;/q;;;;;;;2*+1;-1/p-1. The number of hydrazine groups is 1. The van der Waals surface area contributed by atoms with Crippen LogP contribution in [0.4, 0.5) is 0 Å². The van der Waals surface area contributed by atoms with Crippen molar-refractivity contribution in [2.45, 2.75) is 189 Å². The zero-order valence-corrected chi connectivity index (χ0v) is 38.7. The normalized spacial score (nSPS) is 18.3. The van der Waals surface area contributed by atoms with Crippen LogP contribution in [0.3, 0.4) is 0 Å². The number of rotatable bonds is 8. The van der Waals surface area contributed by atoms with Crippen molar-refractivity contribution in [1.29, 1.82) is 0 Å². The van der Waals surface area contributed by atoms with Crippen LogP contribution in [0.5, 0.6) is 0 Å². The smallest absolute Gasteiger partial charge is 1.00 e.